The van der Waals surface area contributed by atoms with Crippen molar-refractivity contribution in [1.82, 2.24) is 5.32 Å². The van der Waals surface area contributed by atoms with Gasteiger partial charge < -0.3 is 15.8 Å². The maximum absolute atomic E-state index is 5.54. The van der Waals surface area contributed by atoms with Crippen LogP contribution in [0.1, 0.15) is 97.0 Å². The van der Waals surface area contributed by atoms with Gasteiger partial charge in [0.05, 0.1) is 6.61 Å². The molecule has 186 valence electrons. The summed E-state index contributed by atoms with van der Waals surface area (Å²) in [4.78, 5) is 0. The van der Waals surface area contributed by atoms with Crippen molar-refractivity contribution >= 4 is 0 Å². The van der Waals surface area contributed by atoms with Gasteiger partial charge in [0.1, 0.15) is 5.75 Å². The Hall–Kier alpha value is -2.16. The summed E-state index contributed by atoms with van der Waals surface area (Å²) < 4.78 is 5.54. The molecule has 33 heavy (non-hydrogen) atoms. The Morgan fingerprint density at radius 3 is 2.06 bits per heavy atom. The van der Waals surface area contributed by atoms with Crippen molar-refractivity contribution in [2.45, 2.75) is 91.4 Å². The van der Waals surface area contributed by atoms with Gasteiger partial charge in [-0.1, -0.05) is 70.7 Å². The normalized spacial score (nSPS) is 21.6. The van der Waals surface area contributed by atoms with Gasteiger partial charge in [-0.3, -0.25) is 0 Å². The van der Waals surface area contributed by atoms with Gasteiger partial charge in [-0.25, -0.2) is 0 Å². The largest absolute Gasteiger partial charge is 0.494 e. The molecule has 0 bridgehead atoms. The SMILES string of the molecule is C=C/C(N)=C\C(=C/C)NC.CC.CCOc1ccc(C2CCC(C3CCCCC3)CC2)cc1. The highest BCUT2D eigenvalue weighted by Gasteiger charge is 2.28. The van der Waals surface area contributed by atoms with Crippen LogP contribution in [0.2, 0.25) is 0 Å². The van der Waals surface area contributed by atoms with Crippen molar-refractivity contribution in [2.75, 3.05) is 13.7 Å². The van der Waals surface area contributed by atoms with Crippen LogP contribution in [0, 0.1) is 11.8 Å². The van der Waals surface area contributed by atoms with Crippen molar-refractivity contribution in [3.8, 4) is 5.75 Å². The summed E-state index contributed by atoms with van der Waals surface area (Å²) in [5.41, 5.74) is 8.68. The van der Waals surface area contributed by atoms with E-state index in [4.69, 9.17) is 10.5 Å². The van der Waals surface area contributed by atoms with E-state index in [-0.39, 0.29) is 0 Å². The smallest absolute Gasteiger partial charge is 0.119 e. The van der Waals surface area contributed by atoms with Crippen LogP contribution in [0.5, 0.6) is 5.75 Å². The molecule has 0 atom stereocenters. The topological polar surface area (TPSA) is 47.3 Å². The van der Waals surface area contributed by atoms with Crippen molar-refractivity contribution in [3.63, 3.8) is 0 Å². The second kappa shape index (κ2) is 17.3. The van der Waals surface area contributed by atoms with Crippen molar-refractivity contribution in [3.05, 3.63) is 66.0 Å². The molecule has 0 saturated heterocycles. The molecule has 1 aromatic rings. The Labute approximate surface area is 204 Å². The van der Waals surface area contributed by atoms with Gasteiger partial charge >= 0.3 is 0 Å². The minimum atomic E-state index is 0.669. The third-order valence-electron chi connectivity index (χ3n) is 6.91. The number of nitrogens with two attached hydrogens (primary N) is 1. The van der Waals surface area contributed by atoms with Crippen LogP contribution in [0.25, 0.3) is 0 Å². The average Bonchev–Trinajstić information content (AvgIpc) is 2.90. The van der Waals surface area contributed by atoms with Crippen LogP contribution < -0.4 is 15.8 Å². The van der Waals surface area contributed by atoms with E-state index in [1.165, 1.54) is 63.4 Å². The summed E-state index contributed by atoms with van der Waals surface area (Å²) in [6.45, 7) is 12.3. The van der Waals surface area contributed by atoms with Crippen LogP contribution in [0.4, 0.5) is 0 Å². The van der Waals surface area contributed by atoms with Crippen LogP contribution in [0.3, 0.4) is 0 Å². The molecule has 3 nitrogen and oxygen atoms in total. The third-order valence-corrected chi connectivity index (χ3v) is 6.91. The first-order valence-electron chi connectivity index (χ1n) is 13.3. The van der Waals surface area contributed by atoms with E-state index >= 15 is 0 Å². The zero-order chi connectivity index (χ0) is 24.5. The summed E-state index contributed by atoms with van der Waals surface area (Å²) in [5, 5.41) is 2.97. The van der Waals surface area contributed by atoms with Crippen molar-refractivity contribution < 1.29 is 4.74 Å². The van der Waals surface area contributed by atoms with Crippen molar-refractivity contribution in [2.24, 2.45) is 17.6 Å². The van der Waals surface area contributed by atoms with Gasteiger partial charge in [0.15, 0.2) is 0 Å². The molecule has 0 unspecified atom stereocenters. The summed E-state index contributed by atoms with van der Waals surface area (Å²) in [7, 11) is 1.85. The van der Waals surface area contributed by atoms with E-state index in [0.717, 1.165) is 35.8 Å². The quantitative estimate of drug-likeness (QED) is 0.409. The molecule has 0 amide bonds. The Balaban J connectivity index is 0.000000386. The minimum absolute atomic E-state index is 0.669. The molecule has 3 rings (SSSR count). The number of ether oxygens (including phenoxy) is 1. The van der Waals surface area contributed by atoms with E-state index < -0.39 is 0 Å². The monoisotopic (exact) mass is 454 g/mol. The van der Waals surface area contributed by atoms with E-state index in [0.29, 0.717) is 5.70 Å². The molecule has 2 fully saturated rings. The van der Waals surface area contributed by atoms with Crippen LogP contribution in [0.15, 0.2) is 60.5 Å². The molecule has 0 heterocycles. The van der Waals surface area contributed by atoms with Gasteiger partial charge in [0.25, 0.3) is 0 Å². The van der Waals surface area contributed by atoms with E-state index in [1.54, 1.807) is 6.08 Å². The fourth-order valence-electron chi connectivity index (χ4n) is 5.07. The summed E-state index contributed by atoms with van der Waals surface area (Å²) in [5.74, 6) is 3.89. The van der Waals surface area contributed by atoms with Gasteiger partial charge in [-0.15, -0.1) is 0 Å². The molecular formula is C30H50N2O. The highest BCUT2D eigenvalue weighted by molar-refractivity contribution is 5.29. The molecule has 2 saturated carbocycles. The maximum Gasteiger partial charge on any atom is 0.119 e. The number of hydrogen-bond donors (Lipinski definition) is 2. The van der Waals surface area contributed by atoms with Crippen LogP contribution >= 0.6 is 0 Å². The molecule has 0 aliphatic heterocycles. The highest BCUT2D eigenvalue weighted by Crippen LogP contribution is 2.43. The number of nitrogens with one attached hydrogen (secondary N) is 1. The Morgan fingerprint density at radius 1 is 1.00 bits per heavy atom. The van der Waals surface area contributed by atoms with Crippen LogP contribution in [-0.2, 0) is 0 Å². The first kappa shape index (κ1) is 28.9. The number of hydrogen-bond acceptors (Lipinski definition) is 3. The Morgan fingerprint density at radius 2 is 1.58 bits per heavy atom. The standard InChI is InChI=1S/C20H30O.C8H14N2.C2H6/c1-2-21-20-14-12-19(13-15-20)18-10-8-17(9-11-18)16-6-4-3-5-7-16;1-4-7(9)6-8(5-2)10-3;1-2/h12-18H,2-11H2,1H3;4-6,10H,1,9H2,2-3H3;1-2H3/b;7-6+,8-5+;. The number of benzene rings is 1. The molecule has 2 aliphatic carbocycles. The zero-order valence-electron chi connectivity index (χ0n) is 22.0. The number of allylic oxidation sites excluding steroid dienone is 3. The highest BCUT2D eigenvalue weighted by atomic mass is 16.5. The summed E-state index contributed by atoms with van der Waals surface area (Å²) >= 11 is 0. The Bertz CT molecular complexity index is 691. The summed E-state index contributed by atoms with van der Waals surface area (Å²) in [6.07, 6.45) is 18.6. The maximum atomic E-state index is 5.54. The molecule has 2 aliphatic rings. The minimum Gasteiger partial charge on any atom is -0.494 e. The van der Waals surface area contributed by atoms with Crippen LogP contribution in [-0.4, -0.2) is 13.7 Å². The van der Waals surface area contributed by atoms with Crippen molar-refractivity contribution in [1.29, 1.82) is 0 Å². The number of likely N-dealkylation sites (N-methyl/N-ethyl adjacent to an activating group) is 1. The van der Waals surface area contributed by atoms with Gasteiger partial charge in [0.2, 0.25) is 0 Å². The molecule has 0 radical (unpaired) electrons. The lowest BCUT2D eigenvalue weighted by Crippen LogP contribution is -2.23. The van der Waals surface area contributed by atoms with E-state index in [9.17, 15) is 0 Å². The fraction of sp³-hybridized carbons (Fsp3) is 0.600. The number of rotatable bonds is 7. The predicted molar refractivity (Wildman–Crippen MR) is 146 cm³/mol. The van der Waals surface area contributed by atoms with Gasteiger partial charge in [0, 0.05) is 18.4 Å². The second-order valence-corrected chi connectivity index (χ2v) is 8.85. The van der Waals surface area contributed by atoms with E-state index in [1.807, 2.05) is 46.9 Å². The lowest BCUT2D eigenvalue weighted by atomic mass is 9.70. The molecule has 3 heteroatoms. The lowest BCUT2D eigenvalue weighted by Gasteiger charge is -2.36. The third kappa shape index (κ3) is 10.5. The van der Waals surface area contributed by atoms with Gasteiger partial charge in [-0.2, -0.15) is 0 Å². The molecule has 1 aromatic carbocycles. The first-order valence-corrected chi connectivity index (χ1v) is 13.3. The Kier molecular flexibility index (Phi) is 15.2. The van der Waals surface area contributed by atoms with Gasteiger partial charge in [-0.05, 0) is 87.1 Å². The molecular weight excluding hydrogens is 404 g/mol. The molecule has 3 N–H and O–H groups in total. The first-order chi connectivity index (χ1) is 16.1. The fourth-order valence-corrected chi connectivity index (χ4v) is 5.07. The average molecular weight is 455 g/mol. The zero-order valence-corrected chi connectivity index (χ0v) is 22.0. The second-order valence-electron chi connectivity index (χ2n) is 8.85. The molecule has 0 spiro atoms. The summed E-state index contributed by atoms with van der Waals surface area (Å²) in [6, 6.07) is 8.87. The molecule has 0 aromatic heterocycles. The predicted octanol–water partition coefficient (Wildman–Crippen LogP) is 8.10. The van der Waals surface area contributed by atoms with E-state index in [2.05, 4.69) is 36.2 Å². The lowest BCUT2D eigenvalue weighted by molar-refractivity contribution is 0.186.